The average Bonchev–Trinajstić information content (AvgIpc) is 2.39. The minimum atomic E-state index is -0.227. The molecule has 21 heavy (non-hydrogen) atoms. The molecular formula is C13H19Cl2N3O3. The highest BCUT2D eigenvalue weighted by atomic mass is 35.5. The Morgan fingerprint density at radius 2 is 2.00 bits per heavy atom. The summed E-state index contributed by atoms with van der Waals surface area (Å²) in [5.41, 5.74) is 0.506. The summed E-state index contributed by atoms with van der Waals surface area (Å²) in [6.07, 6.45) is 0.172. The number of hydrogen-bond acceptors (Lipinski definition) is 4. The van der Waals surface area contributed by atoms with E-state index in [1.807, 2.05) is 0 Å². The molecule has 0 spiro atoms. The van der Waals surface area contributed by atoms with Crippen molar-refractivity contribution in [2.24, 2.45) is 0 Å². The molecule has 3 N–H and O–H groups in total. The van der Waals surface area contributed by atoms with E-state index in [1.165, 1.54) is 7.11 Å². The highest BCUT2D eigenvalue weighted by Gasteiger charge is 2.08. The minimum Gasteiger partial charge on any atom is -0.495 e. The van der Waals surface area contributed by atoms with Crippen molar-refractivity contribution in [3.63, 3.8) is 0 Å². The molecule has 6 nitrogen and oxygen atoms in total. The van der Waals surface area contributed by atoms with Gasteiger partial charge in [-0.1, -0.05) is 11.6 Å². The van der Waals surface area contributed by atoms with Crippen LogP contribution in [0.5, 0.6) is 5.75 Å². The molecule has 8 heteroatoms. The summed E-state index contributed by atoms with van der Waals surface area (Å²) >= 11 is 5.87. The first-order valence-electron chi connectivity index (χ1n) is 6.11. The van der Waals surface area contributed by atoms with Crippen LogP contribution in [0.15, 0.2) is 18.2 Å². The van der Waals surface area contributed by atoms with Crippen LogP contribution in [-0.4, -0.2) is 39.1 Å². The van der Waals surface area contributed by atoms with Gasteiger partial charge in [0.2, 0.25) is 11.8 Å². The Morgan fingerprint density at radius 1 is 1.29 bits per heavy atom. The summed E-state index contributed by atoms with van der Waals surface area (Å²) in [7, 11) is 3.19. The van der Waals surface area contributed by atoms with Gasteiger partial charge in [-0.05, 0) is 25.2 Å². The molecule has 1 aromatic carbocycles. The van der Waals surface area contributed by atoms with E-state index in [2.05, 4.69) is 16.0 Å². The van der Waals surface area contributed by atoms with Crippen molar-refractivity contribution in [1.29, 1.82) is 0 Å². The molecule has 1 rings (SSSR count). The van der Waals surface area contributed by atoms with Gasteiger partial charge in [0.1, 0.15) is 5.75 Å². The van der Waals surface area contributed by atoms with Gasteiger partial charge in [-0.3, -0.25) is 9.59 Å². The monoisotopic (exact) mass is 335 g/mol. The third kappa shape index (κ3) is 7.17. The van der Waals surface area contributed by atoms with Gasteiger partial charge >= 0.3 is 0 Å². The van der Waals surface area contributed by atoms with Crippen molar-refractivity contribution < 1.29 is 14.3 Å². The van der Waals surface area contributed by atoms with Gasteiger partial charge in [0.25, 0.3) is 0 Å². The van der Waals surface area contributed by atoms with Gasteiger partial charge in [0, 0.05) is 18.0 Å². The molecule has 0 radical (unpaired) electrons. The van der Waals surface area contributed by atoms with Crippen LogP contribution in [0.1, 0.15) is 6.42 Å². The zero-order chi connectivity index (χ0) is 15.0. The molecule has 0 aromatic heterocycles. The second-order valence-electron chi connectivity index (χ2n) is 4.02. The number of carbonyl (C=O) groups is 2. The SMILES string of the molecule is CNCC(=O)NCCC(=O)Nc1cc(Cl)ccc1OC.Cl. The Labute approximate surface area is 135 Å². The number of methoxy groups -OCH3 is 1. The number of halogens is 2. The standard InChI is InChI=1S/C13H18ClN3O3.ClH/c1-15-8-13(19)16-6-5-12(18)17-10-7-9(14)3-4-11(10)20-2;/h3-4,7,15H,5-6,8H2,1-2H3,(H,16,19)(H,17,18);1H. The van der Waals surface area contributed by atoms with Crippen LogP contribution in [0.25, 0.3) is 0 Å². The third-order valence-corrected chi connectivity index (χ3v) is 2.68. The molecule has 0 bridgehead atoms. The highest BCUT2D eigenvalue weighted by molar-refractivity contribution is 6.31. The van der Waals surface area contributed by atoms with Crippen molar-refractivity contribution in [2.45, 2.75) is 6.42 Å². The lowest BCUT2D eigenvalue weighted by Gasteiger charge is -2.10. The fourth-order valence-corrected chi connectivity index (χ4v) is 1.70. The molecule has 0 saturated carbocycles. The molecule has 0 aliphatic carbocycles. The normalized spacial score (nSPS) is 9.48. The molecule has 0 heterocycles. The number of carbonyl (C=O) groups excluding carboxylic acids is 2. The Hall–Kier alpha value is -1.50. The van der Waals surface area contributed by atoms with E-state index < -0.39 is 0 Å². The predicted molar refractivity (Wildman–Crippen MR) is 85.4 cm³/mol. The molecular weight excluding hydrogens is 317 g/mol. The summed E-state index contributed by atoms with van der Waals surface area (Å²) in [4.78, 5) is 22.9. The van der Waals surface area contributed by atoms with Crippen LogP contribution in [0.2, 0.25) is 5.02 Å². The fraction of sp³-hybridized carbons (Fsp3) is 0.385. The zero-order valence-electron chi connectivity index (χ0n) is 11.9. The predicted octanol–water partition coefficient (Wildman–Crippen LogP) is 1.43. The molecule has 1 aromatic rings. The molecule has 0 aliphatic rings. The molecule has 0 saturated heterocycles. The van der Waals surface area contributed by atoms with Crippen molar-refractivity contribution in [3.8, 4) is 5.75 Å². The van der Waals surface area contributed by atoms with E-state index in [1.54, 1.807) is 25.2 Å². The summed E-state index contributed by atoms with van der Waals surface area (Å²) in [5.74, 6) is 0.151. The van der Waals surface area contributed by atoms with Crippen molar-refractivity contribution in [3.05, 3.63) is 23.2 Å². The van der Waals surface area contributed by atoms with E-state index in [0.29, 0.717) is 16.5 Å². The van der Waals surface area contributed by atoms with Crippen LogP contribution in [0.4, 0.5) is 5.69 Å². The number of benzene rings is 1. The topological polar surface area (TPSA) is 79.5 Å². The number of likely N-dealkylation sites (N-methyl/N-ethyl adjacent to an activating group) is 1. The smallest absolute Gasteiger partial charge is 0.233 e. The fourth-order valence-electron chi connectivity index (χ4n) is 1.53. The largest absolute Gasteiger partial charge is 0.495 e. The van der Waals surface area contributed by atoms with Crippen molar-refractivity contribution in [1.82, 2.24) is 10.6 Å². The zero-order valence-corrected chi connectivity index (χ0v) is 13.4. The first kappa shape index (κ1) is 19.5. The Morgan fingerprint density at radius 3 is 2.62 bits per heavy atom. The maximum absolute atomic E-state index is 11.8. The summed E-state index contributed by atoms with van der Waals surface area (Å²) in [6, 6.07) is 4.96. The summed E-state index contributed by atoms with van der Waals surface area (Å²) in [6.45, 7) is 0.499. The molecule has 0 fully saturated rings. The van der Waals surface area contributed by atoms with Crippen molar-refractivity contribution >= 4 is 41.5 Å². The van der Waals surface area contributed by atoms with Gasteiger partial charge < -0.3 is 20.7 Å². The quantitative estimate of drug-likeness (QED) is 0.704. The first-order chi connectivity index (χ1) is 9.56. The van der Waals surface area contributed by atoms with E-state index >= 15 is 0 Å². The summed E-state index contributed by atoms with van der Waals surface area (Å²) < 4.78 is 5.12. The van der Waals surface area contributed by atoms with E-state index in [9.17, 15) is 9.59 Å². The number of anilines is 1. The Bertz CT molecular complexity index is 484. The third-order valence-electron chi connectivity index (χ3n) is 2.45. The molecule has 0 atom stereocenters. The first-order valence-corrected chi connectivity index (χ1v) is 6.49. The van der Waals surface area contributed by atoms with Crippen LogP contribution in [-0.2, 0) is 9.59 Å². The molecule has 0 aliphatic heterocycles. The highest BCUT2D eigenvalue weighted by Crippen LogP contribution is 2.27. The van der Waals surface area contributed by atoms with Gasteiger partial charge in [0.15, 0.2) is 0 Å². The second-order valence-corrected chi connectivity index (χ2v) is 4.46. The number of rotatable bonds is 7. The van der Waals surface area contributed by atoms with Crippen LogP contribution in [0.3, 0.4) is 0 Å². The maximum atomic E-state index is 11.8. The Balaban J connectivity index is 0.00000400. The van der Waals surface area contributed by atoms with Crippen LogP contribution >= 0.6 is 24.0 Å². The lowest BCUT2D eigenvalue weighted by molar-refractivity contribution is -0.120. The number of nitrogens with one attached hydrogen (secondary N) is 3. The number of hydrogen-bond donors (Lipinski definition) is 3. The minimum absolute atomic E-state index is 0. The number of ether oxygens (including phenoxy) is 1. The maximum Gasteiger partial charge on any atom is 0.233 e. The van der Waals surface area contributed by atoms with Gasteiger partial charge in [-0.2, -0.15) is 0 Å². The lowest BCUT2D eigenvalue weighted by atomic mass is 10.2. The van der Waals surface area contributed by atoms with Gasteiger partial charge in [-0.25, -0.2) is 0 Å². The van der Waals surface area contributed by atoms with Gasteiger partial charge in [0.05, 0.1) is 19.3 Å². The van der Waals surface area contributed by atoms with Gasteiger partial charge in [-0.15, -0.1) is 12.4 Å². The molecule has 0 unspecified atom stereocenters. The van der Waals surface area contributed by atoms with Crippen LogP contribution < -0.4 is 20.7 Å². The average molecular weight is 336 g/mol. The lowest BCUT2D eigenvalue weighted by Crippen LogP contribution is -2.34. The van der Waals surface area contributed by atoms with E-state index in [-0.39, 0.29) is 43.7 Å². The van der Waals surface area contributed by atoms with E-state index in [4.69, 9.17) is 16.3 Å². The second kappa shape index (κ2) is 10.3. The van der Waals surface area contributed by atoms with E-state index in [0.717, 1.165) is 0 Å². The Kier molecular flexibility index (Phi) is 9.53. The van der Waals surface area contributed by atoms with Crippen molar-refractivity contribution in [2.75, 3.05) is 32.6 Å². The molecule has 118 valence electrons. The summed E-state index contributed by atoms with van der Waals surface area (Å²) in [5, 5.41) is 8.54. The number of amides is 2. The molecule has 2 amide bonds. The van der Waals surface area contributed by atoms with Crippen LogP contribution in [0, 0.1) is 0 Å².